The molecule has 0 heterocycles. The van der Waals surface area contributed by atoms with Gasteiger partial charge in [0, 0.05) is 11.6 Å². The second-order valence-corrected chi connectivity index (χ2v) is 5.86. The van der Waals surface area contributed by atoms with Gasteiger partial charge in [0.25, 0.3) is 5.91 Å². The molecule has 4 nitrogen and oxygen atoms in total. The van der Waals surface area contributed by atoms with Crippen molar-refractivity contribution in [1.29, 1.82) is 0 Å². The van der Waals surface area contributed by atoms with Crippen molar-refractivity contribution < 1.29 is 14.3 Å². The molecular weight excluding hydrogens is 361 g/mol. The molecule has 1 N–H and O–H groups in total. The third-order valence-corrected chi connectivity index (χ3v) is 3.93. The van der Waals surface area contributed by atoms with E-state index in [1.807, 2.05) is 0 Å². The molecule has 0 fully saturated rings. The Morgan fingerprint density at radius 1 is 1.04 bits per heavy atom. The summed E-state index contributed by atoms with van der Waals surface area (Å²) in [4.78, 5) is 23.5. The summed E-state index contributed by atoms with van der Waals surface area (Å²) < 4.78 is 5.33. The van der Waals surface area contributed by atoms with Crippen LogP contribution in [0.3, 0.4) is 0 Å². The summed E-state index contributed by atoms with van der Waals surface area (Å²) in [6.07, 6.45) is 0. The maximum atomic E-state index is 12.0. The summed E-state index contributed by atoms with van der Waals surface area (Å²) in [5, 5.41) is 3.43. The maximum Gasteiger partial charge on any atom is 0.262 e. The number of hydrogen-bond donors (Lipinski definition) is 1. The number of amides is 1. The lowest BCUT2D eigenvalue weighted by Crippen LogP contribution is -2.21. The van der Waals surface area contributed by atoms with E-state index in [2.05, 4.69) is 5.32 Å². The van der Waals surface area contributed by atoms with Crippen LogP contribution in [0.5, 0.6) is 5.75 Å². The van der Waals surface area contributed by atoms with Gasteiger partial charge in [-0.15, -0.1) is 0 Å². The fourth-order valence-corrected chi connectivity index (χ4v) is 2.44. The number of nitrogens with one attached hydrogen (secondary N) is 1. The molecule has 0 unspecified atom stereocenters. The number of Topliss-reactive ketones (excluding diaryl/α,β-unsaturated/α-hetero) is 1. The number of carbonyl (C=O) groups is 2. The van der Waals surface area contributed by atoms with Gasteiger partial charge in [0.2, 0.25) is 0 Å². The van der Waals surface area contributed by atoms with Gasteiger partial charge in [-0.05, 0) is 25.1 Å². The lowest BCUT2D eigenvalue weighted by atomic mass is 10.1. The first-order valence-electron chi connectivity index (χ1n) is 6.55. The van der Waals surface area contributed by atoms with Crippen molar-refractivity contribution in [2.45, 2.75) is 6.92 Å². The number of benzene rings is 2. The fourth-order valence-electron chi connectivity index (χ4n) is 1.84. The Morgan fingerprint density at radius 3 is 2.39 bits per heavy atom. The molecule has 2 aromatic carbocycles. The quantitative estimate of drug-likeness (QED) is 0.602. The van der Waals surface area contributed by atoms with Crippen molar-refractivity contribution in [3.63, 3.8) is 0 Å². The Labute approximate surface area is 148 Å². The van der Waals surface area contributed by atoms with Crippen LogP contribution >= 0.6 is 34.8 Å². The van der Waals surface area contributed by atoms with E-state index in [1.54, 1.807) is 24.3 Å². The maximum absolute atomic E-state index is 12.0. The molecule has 120 valence electrons. The van der Waals surface area contributed by atoms with Gasteiger partial charge in [-0.1, -0.05) is 46.9 Å². The topological polar surface area (TPSA) is 55.4 Å². The third-order valence-electron chi connectivity index (χ3n) is 2.91. The molecule has 1 amide bonds. The lowest BCUT2D eigenvalue weighted by Gasteiger charge is -2.11. The zero-order valence-electron chi connectivity index (χ0n) is 12.0. The molecule has 2 rings (SSSR count). The second-order valence-electron chi connectivity index (χ2n) is 4.64. The largest absolute Gasteiger partial charge is 0.482 e. The van der Waals surface area contributed by atoms with E-state index in [9.17, 15) is 9.59 Å². The highest BCUT2D eigenvalue weighted by Gasteiger charge is 2.12. The average molecular weight is 373 g/mol. The van der Waals surface area contributed by atoms with E-state index in [0.29, 0.717) is 16.3 Å². The number of anilines is 1. The monoisotopic (exact) mass is 371 g/mol. The van der Waals surface area contributed by atoms with Crippen LogP contribution in [0.1, 0.15) is 17.3 Å². The van der Waals surface area contributed by atoms with Gasteiger partial charge in [0.1, 0.15) is 5.75 Å². The van der Waals surface area contributed by atoms with E-state index in [0.717, 1.165) is 0 Å². The van der Waals surface area contributed by atoms with Crippen molar-refractivity contribution in [3.05, 3.63) is 57.0 Å². The molecule has 7 heteroatoms. The zero-order chi connectivity index (χ0) is 17.0. The first-order valence-corrected chi connectivity index (χ1v) is 7.69. The number of ether oxygens (including phenoxy) is 1. The number of carbonyl (C=O) groups excluding carboxylic acids is 2. The second kappa shape index (κ2) is 7.68. The van der Waals surface area contributed by atoms with Crippen LogP contribution in [0.15, 0.2) is 36.4 Å². The predicted octanol–water partition coefficient (Wildman–Crippen LogP) is 4.87. The highest BCUT2D eigenvalue weighted by Crippen LogP contribution is 2.33. The normalized spacial score (nSPS) is 10.3. The van der Waals surface area contributed by atoms with Gasteiger partial charge >= 0.3 is 0 Å². The molecule has 0 radical (unpaired) electrons. The molecule has 0 atom stereocenters. The Balaban J connectivity index is 2.04. The summed E-state index contributed by atoms with van der Waals surface area (Å²) in [6.45, 7) is 1.14. The highest BCUT2D eigenvalue weighted by atomic mass is 35.5. The van der Waals surface area contributed by atoms with Crippen LogP contribution in [0.2, 0.25) is 15.1 Å². The minimum atomic E-state index is -0.430. The van der Waals surface area contributed by atoms with E-state index in [4.69, 9.17) is 39.5 Å². The van der Waals surface area contributed by atoms with Crippen LogP contribution in [0.25, 0.3) is 0 Å². The Morgan fingerprint density at radius 2 is 1.70 bits per heavy atom. The van der Waals surface area contributed by atoms with E-state index < -0.39 is 5.91 Å². The molecule has 0 aromatic heterocycles. The lowest BCUT2D eigenvalue weighted by molar-refractivity contribution is -0.118. The molecule has 2 aromatic rings. The zero-order valence-corrected chi connectivity index (χ0v) is 14.3. The number of rotatable bonds is 5. The third kappa shape index (κ3) is 4.61. The summed E-state index contributed by atoms with van der Waals surface area (Å²) in [5.74, 6) is -0.328. The van der Waals surface area contributed by atoms with Crippen LogP contribution in [0, 0.1) is 0 Å². The van der Waals surface area contributed by atoms with Gasteiger partial charge < -0.3 is 10.1 Å². The number of halogens is 3. The van der Waals surface area contributed by atoms with Gasteiger partial charge in [0.05, 0.1) is 20.8 Å². The van der Waals surface area contributed by atoms with Gasteiger partial charge in [-0.25, -0.2) is 0 Å². The standard InChI is InChI=1S/C16H12Cl3NO3/c1-9(21)10-4-2-3-5-14(10)20-16(22)8-23-15-7-12(18)11(17)6-13(15)19/h2-7H,8H2,1H3,(H,20,22). The number of para-hydroxylation sites is 1. The van der Waals surface area contributed by atoms with Crippen LogP contribution in [-0.2, 0) is 4.79 Å². The van der Waals surface area contributed by atoms with Crippen molar-refractivity contribution in [2.75, 3.05) is 11.9 Å². The van der Waals surface area contributed by atoms with E-state index in [1.165, 1.54) is 19.1 Å². The molecule has 0 saturated heterocycles. The molecule has 23 heavy (non-hydrogen) atoms. The average Bonchev–Trinajstić information content (AvgIpc) is 2.50. The van der Waals surface area contributed by atoms with Crippen LogP contribution < -0.4 is 10.1 Å². The van der Waals surface area contributed by atoms with Crippen molar-refractivity contribution in [1.82, 2.24) is 0 Å². The van der Waals surface area contributed by atoms with Crippen molar-refractivity contribution in [2.24, 2.45) is 0 Å². The molecule has 0 saturated carbocycles. The molecule has 0 aliphatic heterocycles. The van der Waals surface area contributed by atoms with Crippen molar-refractivity contribution >= 4 is 52.2 Å². The minimum absolute atomic E-state index is 0.144. The summed E-state index contributed by atoms with van der Waals surface area (Å²) in [5.41, 5.74) is 0.849. The van der Waals surface area contributed by atoms with Gasteiger partial charge in [-0.3, -0.25) is 9.59 Å². The molecule has 0 aliphatic carbocycles. The fraction of sp³-hybridized carbons (Fsp3) is 0.125. The summed E-state index contributed by atoms with van der Waals surface area (Å²) in [7, 11) is 0. The van der Waals surface area contributed by atoms with E-state index >= 15 is 0 Å². The molecular formula is C16H12Cl3NO3. The summed E-state index contributed by atoms with van der Waals surface area (Å²) >= 11 is 17.7. The van der Waals surface area contributed by atoms with Crippen LogP contribution in [-0.4, -0.2) is 18.3 Å². The van der Waals surface area contributed by atoms with Crippen LogP contribution in [0.4, 0.5) is 5.69 Å². The number of hydrogen-bond acceptors (Lipinski definition) is 3. The Kier molecular flexibility index (Phi) is 5.88. The highest BCUT2D eigenvalue weighted by molar-refractivity contribution is 6.43. The Bertz CT molecular complexity index is 762. The first kappa shape index (κ1) is 17.6. The van der Waals surface area contributed by atoms with Crippen molar-refractivity contribution in [3.8, 4) is 5.75 Å². The van der Waals surface area contributed by atoms with E-state index in [-0.39, 0.29) is 28.2 Å². The number of ketones is 1. The molecule has 0 bridgehead atoms. The Hall–Kier alpha value is -1.75. The smallest absolute Gasteiger partial charge is 0.262 e. The first-order chi connectivity index (χ1) is 10.9. The SMILES string of the molecule is CC(=O)c1ccccc1NC(=O)COc1cc(Cl)c(Cl)cc1Cl. The van der Waals surface area contributed by atoms with Gasteiger partial charge in [0.15, 0.2) is 12.4 Å². The minimum Gasteiger partial charge on any atom is -0.482 e. The predicted molar refractivity (Wildman–Crippen MR) is 92.0 cm³/mol. The molecule has 0 spiro atoms. The molecule has 0 aliphatic rings. The van der Waals surface area contributed by atoms with Gasteiger partial charge in [-0.2, -0.15) is 0 Å². The summed E-state index contributed by atoms with van der Waals surface area (Å²) in [6, 6.07) is 9.58.